The molecule has 6 atom stereocenters. The Hall–Kier alpha value is -1.67. The molecular weight excluding hydrogens is 659 g/mol. The lowest BCUT2D eigenvalue weighted by Crippen LogP contribution is -2.64. The maximum atomic E-state index is 12.7. The van der Waals surface area contributed by atoms with Gasteiger partial charge in [-0.05, 0) is 51.4 Å². The lowest BCUT2D eigenvalue weighted by atomic mass is 9.85. The first-order chi connectivity index (χ1) is 23.4. The number of ether oxygens (including phenoxy) is 2. The van der Waals surface area contributed by atoms with Crippen molar-refractivity contribution >= 4 is 19.8 Å². The fraction of sp³-hybridized carbons (Fsp3) is 0.829. The molecule has 1 saturated carbocycles. The summed E-state index contributed by atoms with van der Waals surface area (Å²) in [7, 11) is -5.10. The van der Waals surface area contributed by atoms with Crippen molar-refractivity contribution in [2.75, 3.05) is 13.2 Å². The summed E-state index contributed by atoms with van der Waals surface area (Å²) in [5.74, 6) is -1.13. The number of allylic oxidation sites excluding steroid dienone is 4. The van der Waals surface area contributed by atoms with E-state index in [1.807, 2.05) is 0 Å². The fourth-order valence-electron chi connectivity index (χ4n) is 5.23. The van der Waals surface area contributed by atoms with E-state index < -0.39 is 75.7 Å². The minimum absolute atomic E-state index is 0.0844. The summed E-state index contributed by atoms with van der Waals surface area (Å²) in [4.78, 5) is 35.3. The number of rotatable bonds is 28. The van der Waals surface area contributed by atoms with Crippen molar-refractivity contribution < 1.29 is 63.1 Å². The molecule has 0 heterocycles. The predicted molar refractivity (Wildman–Crippen MR) is 184 cm³/mol. The van der Waals surface area contributed by atoms with Gasteiger partial charge in [-0.3, -0.25) is 18.6 Å². The molecule has 0 radical (unpaired) electrons. The van der Waals surface area contributed by atoms with Crippen LogP contribution < -0.4 is 0 Å². The standard InChI is InChI=1S/C35H63O13P/c1-3-5-7-9-11-13-15-17-19-21-23-28(36)45-25-27(47-29(37)24-22-20-18-16-14-12-10-8-6-4-2)26-46-49(43,44)48-35-33(41)31(39)30(38)32(40)34(35)42/h7-10,27,30-35,38-42H,3-6,11-26H2,1-2H3,(H,43,44)/b9-7-,10-8-. The van der Waals surface area contributed by atoms with Crippen molar-refractivity contribution in [1.29, 1.82) is 0 Å². The Labute approximate surface area is 292 Å². The first-order valence-corrected chi connectivity index (χ1v) is 19.6. The molecule has 0 aromatic carbocycles. The number of carbonyl (C=O) groups excluding carboxylic acids is 2. The third kappa shape index (κ3) is 20.7. The first kappa shape index (κ1) is 45.4. The van der Waals surface area contributed by atoms with Crippen LogP contribution >= 0.6 is 7.82 Å². The Morgan fingerprint density at radius 2 is 1.04 bits per heavy atom. The molecule has 0 aromatic rings. The molecule has 13 nitrogen and oxygen atoms in total. The average molecular weight is 723 g/mol. The van der Waals surface area contributed by atoms with Crippen molar-refractivity contribution in [3.8, 4) is 0 Å². The van der Waals surface area contributed by atoms with E-state index in [1.54, 1.807) is 0 Å². The molecular formula is C35H63O13P. The highest BCUT2D eigenvalue weighted by molar-refractivity contribution is 7.47. The van der Waals surface area contributed by atoms with Gasteiger partial charge in [0.25, 0.3) is 0 Å². The topological polar surface area (TPSA) is 210 Å². The Morgan fingerprint density at radius 1 is 0.612 bits per heavy atom. The molecule has 49 heavy (non-hydrogen) atoms. The molecule has 1 aliphatic carbocycles. The lowest BCUT2D eigenvalue weighted by Gasteiger charge is -2.41. The summed E-state index contributed by atoms with van der Waals surface area (Å²) in [6.07, 6.45) is 11.4. The molecule has 1 rings (SSSR count). The van der Waals surface area contributed by atoms with Crippen LogP contribution in [0.5, 0.6) is 0 Å². The maximum Gasteiger partial charge on any atom is 0.472 e. The van der Waals surface area contributed by atoms with Crippen LogP contribution in [-0.4, -0.2) is 98.3 Å². The average Bonchev–Trinajstić information content (AvgIpc) is 3.07. The fourth-order valence-corrected chi connectivity index (χ4v) is 6.20. The molecule has 286 valence electrons. The van der Waals surface area contributed by atoms with Crippen LogP contribution in [0.15, 0.2) is 24.3 Å². The van der Waals surface area contributed by atoms with E-state index in [0.29, 0.717) is 12.8 Å². The van der Waals surface area contributed by atoms with Gasteiger partial charge in [0.15, 0.2) is 6.10 Å². The van der Waals surface area contributed by atoms with Crippen LogP contribution in [0.2, 0.25) is 0 Å². The van der Waals surface area contributed by atoms with Crippen molar-refractivity contribution in [2.24, 2.45) is 0 Å². The highest BCUT2D eigenvalue weighted by Gasteiger charge is 2.51. The first-order valence-electron chi connectivity index (χ1n) is 18.1. The second kappa shape index (κ2) is 27.0. The summed E-state index contributed by atoms with van der Waals surface area (Å²) < 4.78 is 33.2. The molecule has 1 aliphatic rings. The summed E-state index contributed by atoms with van der Waals surface area (Å²) >= 11 is 0. The molecule has 1 fully saturated rings. The van der Waals surface area contributed by atoms with Crippen molar-refractivity contribution in [2.45, 2.75) is 172 Å². The van der Waals surface area contributed by atoms with E-state index >= 15 is 0 Å². The number of phosphoric acid groups is 1. The van der Waals surface area contributed by atoms with Crippen LogP contribution in [0.25, 0.3) is 0 Å². The second-order valence-corrected chi connectivity index (χ2v) is 14.1. The quantitative estimate of drug-likeness (QED) is 0.0274. The Kier molecular flexibility index (Phi) is 25.0. The molecule has 6 unspecified atom stereocenters. The minimum Gasteiger partial charge on any atom is -0.462 e. The van der Waals surface area contributed by atoms with Gasteiger partial charge in [-0.15, -0.1) is 0 Å². The van der Waals surface area contributed by atoms with Crippen molar-refractivity contribution in [3.63, 3.8) is 0 Å². The van der Waals surface area contributed by atoms with Gasteiger partial charge in [0, 0.05) is 12.8 Å². The van der Waals surface area contributed by atoms with Crippen molar-refractivity contribution in [1.82, 2.24) is 0 Å². The summed E-state index contributed by atoms with van der Waals surface area (Å²) in [6, 6.07) is 0. The normalized spacial score (nSPS) is 24.7. The third-order valence-electron chi connectivity index (χ3n) is 8.23. The predicted octanol–water partition coefficient (Wildman–Crippen LogP) is 4.94. The number of phosphoric ester groups is 1. The summed E-state index contributed by atoms with van der Waals surface area (Å²) in [5, 5.41) is 49.8. The van der Waals surface area contributed by atoms with Gasteiger partial charge in [0.05, 0.1) is 6.61 Å². The summed E-state index contributed by atoms with van der Waals surface area (Å²) in [6.45, 7) is 3.09. The molecule has 6 N–H and O–H groups in total. The molecule has 0 aromatic heterocycles. The molecule has 0 bridgehead atoms. The van der Waals surface area contributed by atoms with Gasteiger partial charge in [-0.1, -0.05) is 89.5 Å². The van der Waals surface area contributed by atoms with E-state index in [0.717, 1.165) is 89.9 Å². The second-order valence-electron chi connectivity index (χ2n) is 12.7. The van der Waals surface area contributed by atoms with E-state index in [-0.39, 0.29) is 12.8 Å². The number of unbranched alkanes of at least 4 members (excludes halogenated alkanes) is 12. The molecule has 0 aliphatic heterocycles. The monoisotopic (exact) mass is 722 g/mol. The van der Waals surface area contributed by atoms with E-state index in [2.05, 4.69) is 38.2 Å². The van der Waals surface area contributed by atoms with Gasteiger partial charge >= 0.3 is 19.8 Å². The number of aliphatic hydroxyl groups is 5. The maximum absolute atomic E-state index is 12.7. The molecule has 14 heteroatoms. The number of aliphatic hydroxyl groups excluding tert-OH is 5. The third-order valence-corrected chi connectivity index (χ3v) is 9.21. The smallest absolute Gasteiger partial charge is 0.462 e. The van der Waals surface area contributed by atoms with Gasteiger partial charge < -0.3 is 39.9 Å². The van der Waals surface area contributed by atoms with Gasteiger partial charge in [0.1, 0.15) is 43.2 Å². The molecule has 0 saturated heterocycles. The SMILES string of the molecule is CCC/C=C\CCCCCCCC(=O)OCC(COP(=O)(O)OC1C(O)C(O)C(O)C(O)C1O)OC(=O)CCCCCCC/C=C\CCC. The zero-order valence-corrected chi connectivity index (χ0v) is 30.4. The number of esters is 2. The molecule has 0 spiro atoms. The van der Waals surface area contributed by atoms with Gasteiger partial charge in [-0.25, -0.2) is 4.57 Å². The highest BCUT2D eigenvalue weighted by Crippen LogP contribution is 2.47. The summed E-state index contributed by atoms with van der Waals surface area (Å²) in [5.41, 5.74) is 0. The lowest BCUT2D eigenvalue weighted by molar-refractivity contribution is -0.220. The van der Waals surface area contributed by atoms with Crippen LogP contribution in [0, 0.1) is 0 Å². The number of carbonyl (C=O) groups is 2. The zero-order chi connectivity index (χ0) is 36.5. The van der Waals surface area contributed by atoms with E-state index in [9.17, 15) is 44.6 Å². The minimum atomic E-state index is -5.10. The van der Waals surface area contributed by atoms with Crippen LogP contribution in [-0.2, 0) is 32.7 Å². The van der Waals surface area contributed by atoms with Crippen LogP contribution in [0.4, 0.5) is 0 Å². The Balaban J connectivity index is 2.59. The van der Waals surface area contributed by atoms with Crippen molar-refractivity contribution in [3.05, 3.63) is 24.3 Å². The molecule has 0 amide bonds. The van der Waals surface area contributed by atoms with E-state index in [4.69, 9.17) is 18.5 Å². The van der Waals surface area contributed by atoms with Gasteiger partial charge in [-0.2, -0.15) is 0 Å². The number of hydrogen-bond acceptors (Lipinski definition) is 12. The highest BCUT2D eigenvalue weighted by atomic mass is 31.2. The Bertz CT molecular complexity index is 975. The van der Waals surface area contributed by atoms with Crippen LogP contribution in [0.1, 0.15) is 129 Å². The zero-order valence-electron chi connectivity index (χ0n) is 29.5. The Morgan fingerprint density at radius 3 is 1.55 bits per heavy atom. The van der Waals surface area contributed by atoms with E-state index in [1.165, 1.54) is 0 Å². The van der Waals surface area contributed by atoms with Gasteiger partial charge in [0.2, 0.25) is 0 Å². The van der Waals surface area contributed by atoms with Crippen LogP contribution in [0.3, 0.4) is 0 Å². The number of hydrogen-bond donors (Lipinski definition) is 6. The largest absolute Gasteiger partial charge is 0.472 e.